The van der Waals surface area contributed by atoms with Crippen LogP contribution in [0.4, 0.5) is 5.82 Å². The van der Waals surface area contributed by atoms with Gasteiger partial charge in [-0.05, 0) is 30.9 Å². The molecule has 7 nitrogen and oxygen atoms in total. The topological polar surface area (TPSA) is 109 Å². The lowest BCUT2D eigenvalue weighted by Crippen LogP contribution is -2.49. The largest absolute Gasteiger partial charge is 0.383 e. The molecule has 28 heavy (non-hydrogen) atoms. The van der Waals surface area contributed by atoms with Crippen LogP contribution in [-0.2, 0) is 16.1 Å². The number of aromatic nitrogens is 1. The lowest BCUT2D eigenvalue weighted by molar-refractivity contribution is -0.129. The second-order valence-electron chi connectivity index (χ2n) is 6.95. The molecule has 3 rings (SSSR count). The fraction of sp³-hybridized carbons (Fsp3) is 0.350. The summed E-state index contributed by atoms with van der Waals surface area (Å²) in [7, 11) is 0. The molecule has 0 aliphatic carbocycles. The van der Waals surface area contributed by atoms with E-state index in [2.05, 4.69) is 33.1 Å². The Balaban J connectivity index is 1.48. The summed E-state index contributed by atoms with van der Waals surface area (Å²) in [6.07, 6.45) is 2.15. The summed E-state index contributed by atoms with van der Waals surface area (Å²) < 4.78 is 0. The van der Waals surface area contributed by atoms with E-state index < -0.39 is 6.04 Å². The van der Waals surface area contributed by atoms with Gasteiger partial charge in [0.2, 0.25) is 11.8 Å². The summed E-state index contributed by atoms with van der Waals surface area (Å²) in [4.78, 5) is 28.8. The fourth-order valence-electron chi connectivity index (χ4n) is 3.26. The van der Waals surface area contributed by atoms with Gasteiger partial charge in [0.1, 0.15) is 11.9 Å². The third-order valence-corrected chi connectivity index (χ3v) is 5.10. The SMILES string of the molecule is C[C@H](NC(=O)[C@H]1C[C@H](c2ccccc2)CN1)C(=O)NCc1cc(Cl)cnc1N. The number of nitrogens with two attached hydrogens (primary N) is 1. The van der Waals surface area contributed by atoms with Crippen molar-refractivity contribution in [3.63, 3.8) is 0 Å². The maximum Gasteiger partial charge on any atom is 0.242 e. The van der Waals surface area contributed by atoms with Gasteiger partial charge in [-0.1, -0.05) is 41.9 Å². The van der Waals surface area contributed by atoms with Gasteiger partial charge in [-0.2, -0.15) is 0 Å². The number of carbonyl (C=O) groups excluding carboxylic acids is 2. The molecule has 1 aliphatic rings. The van der Waals surface area contributed by atoms with Crippen molar-refractivity contribution >= 4 is 29.2 Å². The Morgan fingerprint density at radius 2 is 2.11 bits per heavy atom. The van der Waals surface area contributed by atoms with Crippen LogP contribution in [-0.4, -0.2) is 35.4 Å². The van der Waals surface area contributed by atoms with Crippen molar-refractivity contribution in [3.05, 3.63) is 58.7 Å². The van der Waals surface area contributed by atoms with Crippen LogP contribution < -0.4 is 21.7 Å². The number of amides is 2. The van der Waals surface area contributed by atoms with Gasteiger partial charge in [0.15, 0.2) is 0 Å². The van der Waals surface area contributed by atoms with Crippen LogP contribution in [0.15, 0.2) is 42.6 Å². The number of nitrogen functional groups attached to an aromatic ring is 1. The van der Waals surface area contributed by atoms with Gasteiger partial charge in [0, 0.05) is 24.8 Å². The zero-order valence-corrected chi connectivity index (χ0v) is 16.4. The van der Waals surface area contributed by atoms with Crippen LogP contribution >= 0.6 is 11.6 Å². The summed E-state index contributed by atoms with van der Waals surface area (Å²) in [5.41, 5.74) is 7.62. The maximum atomic E-state index is 12.5. The number of hydrogen-bond acceptors (Lipinski definition) is 5. The molecule has 1 aromatic heterocycles. The summed E-state index contributed by atoms with van der Waals surface area (Å²) in [5, 5.41) is 9.20. The molecule has 0 spiro atoms. The van der Waals surface area contributed by atoms with Gasteiger partial charge in [-0.15, -0.1) is 0 Å². The van der Waals surface area contributed by atoms with E-state index in [0.29, 0.717) is 28.7 Å². The smallest absolute Gasteiger partial charge is 0.242 e. The summed E-state index contributed by atoms with van der Waals surface area (Å²) in [5.74, 6) is 0.123. The molecule has 1 aliphatic heterocycles. The molecule has 0 bridgehead atoms. The number of halogens is 1. The first-order valence-electron chi connectivity index (χ1n) is 9.20. The summed E-state index contributed by atoms with van der Waals surface area (Å²) in [6, 6.07) is 10.8. The number of carbonyl (C=O) groups is 2. The lowest BCUT2D eigenvalue weighted by Gasteiger charge is -2.17. The number of rotatable bonds is 6. The van der Waals surface area contributed by atoms with Crippen molar-refractivity contribution in [1.82, 2.24) is 20.9 Å². The molecule has 8 heteroatoms. The molecule has 0 saturated carbocycles. The van der Waals surface area contributed by atoms with Gasteiger partial charge < -0.3 is 21.7 Å². The molecule has 5 N–H and O–H groups in total. The Morgan fingerprint density at radius 1 is 1.36 bits per heavy atom. The van der Waals surface area contributed by atoms with Crippen LogP contribution in [0.3, 0.4) is 0 Å². The highest BCUT2D eigenvalue weighted by molar-refractivity contribution is 6.30. The average molecular weight is 402 g/mol. The minimum atomic E-state index is -0.668. The minimum Gasteiger partial charge on any atom is -0.383 e. The third-order valence-electron chi connectivity index (χ3n) is 4.89. The molecule has 2 amide bonds. The number of hydrogen-bond donors (Lipinski definition) is 4. The Morgan fingerprint density at radius 3 is 2.86 bits per heavy atom. The van der Waals surface area contributed by atoms with E-state index in [-0.39, 0.29) is 24.4 Å². The van der Waals surface area contributed by atoms with E-state index in [4.69, 9.17) is 17.3 Å². The minimum absolute atomic E-state index is 0.176. The van der Waals surface area contributed by atoms with Gasteiger partial charge in [0.25, 0.3) is 0 Å². The van der Waals surface area contributed by atoms with Crippen molar-refractivity contribution in [3.8, 4) is 0 Å². The zero-order chi connectivity index (χ0) is 20.1. The summed E-state index contributed by atoms with van der Waals surface area (Å²) in [6.45, 7) is 2.58. The quantitative estimate of drug-likeness (QED) is 0.587. The molecule has 1 saturated heterocycles. The number of nitrogens with one attached hydrogen (secondary N) is 3. The van der Waals surface area contributed by atoms with Crippen LogP contribution in [0.5, 0.6) is 0 Å². The highest BCUT2D eigenvalue weighted by Gasteiger charge is 2.31. The summed E-state index contributed by atoms with van der Waals surface area (Å²) >= 11 is 5.90. The van der Waals surface area contributed by atoms with Crippen LogP contribution in [0.2, 0.25) is 5.02 Å². The third kappa shape index (κ3) is 4.99. The Labute approximate surface area is 169 Å². The normalized spacial score (nSPS) is 19.8. The number of pyridine rings is 1. The van der Waals surface area contributed by atoms with Crippen molar-refractivity contribution in [2.45, 2.75) is 37.9 Å². The number of anilines is 1. The van der Waals surface area contributed by atoms with Gasteiger partial charge >= 0.3 is 0 Å². The van der Waals surface area contributed by atoms with E-state index in [1.807, 2.05) is 18.2 Å². The van der Waals surface area contributed by atoms with Crippen LogP contribution in [0.1, 0.15) is 30.4 Å². The number of benzene rings is 1. The lowest BCUT2D eigenvalue weighted by atomic mass is 9.96. The molecule has 148 valence electrons. The zero-order valence-electron chi connectivity index (χ0n) is 15.6. The molecular formula is C20H24ClN5O2. The van der Waals surface area contributed by atoms with E-state index in [9.17, 15) is 9.59 Å². The Kier molecular flexibility index (Phi) is 6.49. The second-order valence-corrected chi connectivity index (χ2v) is 7.39. The van der Waals surface area contributed by atoms with Crippen LogP contribution in [0.25, 0.3) is 0 Å². The predicted octanol–water partition coefficient (Wildman–Crippen LogP) is 1.58. The van der Waals surface area contributed by atoms with E-state index in [1.54, 1.807) is 13.0 Å². The standard InChI is InChI=1S/C20H24ClN5O2/c1-12(19(27)25-10-15-7-16(21)11-24-18(15)22)26-20(28)17-8-14(9-23-17)13-5-3-2-4-6-13/h2-7,11-12,14,17,23H,8-10H2,1H3,(H2,22,24)(H,25,27)(H,26,28)/t12-,14-,17+/m0/s1. The molecule has 3 atom stereocenters. The first kappa shape index (κ1) is 20.1. The van der Waals surface area contributed by atoms with E-state index in [1.165, 1.54) is 11.8 Å². The molecule has 2 heterocycles. The van der Waals surface area contributed by atoms with Crippen molar-refractivity contribution in [2.24, 2.45) is 0 Å². The average Bonchev–Trinajstić information content (AvgIpc) is 3.19. The first-order valence-corrected chi connectivity index (χ1v) is 9.58. The first-order chi connectivity index (χ1) is 13.4. The van der Waals surface area contributed by atoms with Crippen LogP contribution in [0, 0.1) is 0 Å². The highest BCUT2D eigenvalue weighted by atomic mass is 35.5. The van der Waals surface area contributed by atoms with Crippen molar-refractivity contribution < 1.29 is 9.59 Å². The van der Waals surface area contributed by atoms with Crippen molar-refractivity contribution in [2.75, 3.05) is 12.3 Å². The molecule has 0 unspecified atom stereocenters. The van der Waals surface area contributed by atoms with E-state index >= 15 is 0 Å². The Bertz CT molecular complexity index is 846. The van der Waals surface area contributed by atoms with Gasteiger partial charge in [-0.25, -0.2) is 4.98 Å². The van der Waals surface area contributed by atoms with Crippen molar-refractivity contribution in [1.29, 1.82) is 0 Å². The maximum absolute atomic E-state index is 12.5. The molecule has 1 aromatic carbocycles. The fourth-order valence-corrected chi connectivity index (χ4v) is 3.44. The molecule has 0 radical (unpaired) electrons. The molecule has 1 fully saturated rings. The number of nitrogens with zero attached hydrogens (tertiary/aromatic N) is 1. The second kappa shape index (κ2) is 9.03. The Hall–Kier alpha value is -2.64. The molecular weight excluding hydrogens is 378 g/mol. The van der Waals surface area contributed by atoms with E-state index in [0.717, 1.165) is 6.54 Å². The predicted molar refractivity (Wildman–Crippen MR) is 109 cm³/mol. The highest BCUT2D eigenvalue weighted by Crippen LogP contribution is 2.25. The van der Waals surface area contributed by atoms with Gasteiger partial charge in [0.05, 0.1) is 11.1 Å². The monoisotopic (exact) mass is 401 g/mol. The molecule has 2 aromatic rings. The van der Waals surface area contributed by atoms with Gasteiger partial charge in [-0.3, -0.25) is 9.59 Å².